The van der Waals surface area contributed by atoms with Crippen molar-refractivity contribution in [1.29, 1.82) is 0 Å². The van der Waals surface area contributed by atoms with Gasteiger partial charge in [-0.05, 0) is 6.42 Å². The Kier molecular flexibility index (Phi) is 5.48. The fraction of sp³-hybridized carbons (Fsp3) is 0.667. The van der Waals surface area contributed by atoms with E-state index < -0.39 is 0 Å². The summed E-state index contributed by atoms with van der Waals surface area (Å²) in [6.45, 7) is 4.61. The molecule has 0 aromatic carbocycles. The van der Waals surface area contributed by atoms with Crippen LogP contribution in [0.15, 0.2) is 0 Å². The van der Waals surface area contributed by atoms with Crippen molar-refractivity contribution in [3.05, 3.63) is 5.01 Å². The third-order valence-electron chi connectivity index (χ3n) is 2.08. The van der Waals surface area contributed by atoms with E-state index in [4.69, 9.17) is 11.6 Å². The van der Waals surface area contributed by atoms with E-state index in [1.165, 1.54) is 11.3 Å². The molecule has 0 spiro atoms. The van der Waals surface area contributed by atoms with E-state index in [-0.39, 0.29) is 6.03 Å². The number of urea groups is 1. The first-order chi connectivity index (χ1) is 7.67. The van der Waals surface area contributed by atoms with Crippen LogP contribution in [0.4, 0.5) is 9.93 Å². The normalized spacial score (nSPS) is 12.2. The third kappa shape index (κ3) is 3.94. The number of aromatic nitrogens is 2. The highest BCUT2D eigenvalue weighted by molar-refractivity contribution is 7.15. The second-order valence-corrected chi connectivity index (χ2v) is 4.71. The largest absolute Gasteiger partial charge is 0.337 e. The highest BCUT2D eigenvalue weighted by Gasteiger charge is 2.11. The quantitative estimate of drug-likeness (QED) is 0.801. The summed E-state index contributed by atoms with van der Waals surface area (Å²) in [6.07, 6.45) is 1.01. The van der Waals surface area contributed by atoms with Crippen molar-refractivity contribution in [1.82, 2.24) is 15.5 Å². The van der Waals surface area contributed by atoms with E-state index in [1.807, 2.05) is 0 Å². The predicted octanol–water partition coefficient (Wildman–Crippen LogP) is 2.41. The van der Waals surface area contributed by atoms with Crippen LogP contribution in [-0.2, 0) is 0 Å². The van der Waals surface area contributed by atoms with E-state index >= 15 is 0 Å². The molecule has 1 aromatic heterocycles. The van der Waals surface area contributed by atoms with Gasteiger partial charge in [0.2, 0.25) is 5.13 Å². The van der Waals surface area contributed by atoms with E-state index in [2.05, 4.69) is 34.7 Å². The highest BCUT2D eigenvalue weighted by atomic mass is 35.5. The molecule has 90 valence electrons. The summed E-state index contributed by atoms with van der Waals surface area (Å²) in [5.41, 5.74) is 0. The zero-order valence-electron chi connectivity index (χ0n) is 9.29. The second-order valence-electron chi connectivity index (χ2n) is 3.32. The number of anilines is 1. The summed E-state index contributed by atoms with van der Waals surface area (Å²) in [5, 5.41) is 14.6. The molecular weight excluding hydrogens is 248 g/mol. The molecule has 7 heteroatoms. The molecule has 1 atom stereocenters. The first-order valence-electron chi connectivity index (χ1n) is 5.11. The Hall–Kier alpha value is -0.880. The summed E-state index contributed by atoms with van der Waals surface area (Å²) < 4.78 is 0. The molecule has 1 unspecified atom stereocenters. The van der Waals surface area contributed by atoms with Gasteiger partial charge in [0.15, 0.2) is 0 Å². The summed E-state index contributed by atoms with van der Waals surface area (Å²) >= 11 is 6.85. The van der Waals surface area contributed by atoms with Crippen molar-refractivity contribution < 1.29 is 4.79 Å². The van der Waals surface area contributed by atoms with Gasteiger partial charge in [-0.3, -0.25) is 5.32 Å². The Morgan fingerprint density at radius 2 is 2.31 bits per heavy atom. The molecule has 1 heterocycles. The Bertz CT molecular complexity index is 344. The average molecular weight is 263 g/mol. The van der Waals surface area contributed by atoms with Crippen LogP contribution < -0.4 is 10.6 Å². The topological polar surface area (TPSA) is 66.9 Å². The lowest BCUT2D eigenvalue weighted by Crippen LogP contribution is -2.30. The zero-order chi connectivity index (χ0) is 12.0. The fourth-order valence-electron chi connectivity index (χ4n) is 0.961. The van der Waals surface area contributed by atoms with Gasteiger partial charge in [0, 0.05) is 18.3 Å². The van der Waals surface area contributed by atoms with Crippen LogP contribution in [0, 0.1) is 0 Å². The Balaban J connectivity index is 2.48. The van der Waals surface area contributed by atoms with Gasteiger partial charge in [-0.15, -0.1) is 21.8 Å². The van der Waals surface area contributed by atoms with Crippen LogP contribution in [0.5, 0.6) is 0 Å². The molecule has 16 heavy (non-hydrogen) atoms. The van der Waals surface area contributed by atoms with Crippen LogP contribution >= 0.6 is 22.9 Å². The predicted molar refractivity (Wildman–Crippen MR) is 66.4 cm³/mol. The van der Waals surface area contributed by atoms with Crippen molar-refractivity contribution in [2.45, 2.75) is 26.2 Å². The number of hydrogen-bond acceptors (Lipinski definition) is 4. The summed E-state index contributed by atoms with van der Waals surface area (Å²) in [7, 11) is 0. The lowest BCUT2D eigenvalue weighted by molar-refractivity contribution is 0.252. The van der Waals surface area contributed by atoms with Gasteiger partial charge in [0.25, 0.3) is 0 Å². The summed E-state index contributed by atoms with van der Waals surface area (Å²) in [5.74, 6) is 0.765. The van der Waals surface area contributed by atoms with Gasteiger partial charge in [-0.2, -0.15) is 0 Å². The smallest absolute Gasteiger partial charge is 0.321 e. The monoisotopic (exact) mass is 262 g/mol. The summed E-state index contributed by atoms with van der Waals surface area (Å²) in [4.78, 5) is 11.3. The Morgan fingerprint density at radius 1 is 1.56 bits per heavy atom. The number of carbonyl (C=O) groups excluding carboxylic acids is 1. The van der Waals surface area contributed by atoms with Gasteiger partial charge in [-0.25, -0.2) is 4.79 Å². The maximum absolute atomic E-state index is 11.3. The maximum Gasteiger partial charge on any atom is 0.321 e. The van der Waals surface area contributed by atoms with Crippen LogP contribution in [0.25, 0.3) is 0 Å². The lowest BCUT2D eigenvalue weighted by Gasteiger charge is -2.02. The van der Waals surface area contributed by atoms with Crippen molar-refractivity contribution >= 4 is 34.1 Å². The first-order valence-corrected chi connectivity index (χ1v) is 6.46. The van der Waals surface area contributed by atoms with Crippen molar-refractivity contribution in [2.75, 3.05) is 17.7 Å². The molecule has 0 saturated carbocycles. The minimum atomic E-state index is -0.299. The molecule has 0 aliphatic heterocycles. The molecule has 0 fully saturated rings. The number of nitrogens with one attached hydrogen (secondary N) is 2. The number of nitrogens with zero attached hydrogens (tertiary/aromatic N) is 2. The molecule has 0 aliphatic rings. The standard InChI is InChI=1S/C9H15ClN4OS/c1-3-6(2)7-13-14-9(16-7)12-8(15)11-5-4-10/h6H,3-5H2,1-2H3,(H2,11,12,14,15). The van der Waals surface area contributed by atoms with Crippen LogP contribution in [0.3, 0.4) is 0 Å². The SMILES string of the molecule is CCC(C)c1nnc(NC(=O)NCCCl)s1. The van der Waals surface area contributed by atoms with E-state index in [1.54, 1.807) is 0 Å². The molecule has 1 rings (SSSR count). The molecule has 2 N–H and O–H groups in total. The lowest BCUT2D eigenvalue weighted by atomic mass is 10.1. The number of hydrogen-bond donors (Lipinski definition) is 2. The van der Waals surface area contributed by atoms with Gasteiger partial charge in [0.05, 0.1) is 0 Å². The fourth-order valence-corrected chi connectivity index (χ4v) is 1.93. The Labute approximate surface area is 104 Å². The molecule has 0 bridgehead atoms. The minimum Gasteiger partial charge on any atom is -0.337 e. The number of alkyl halides is 1. The number of carbonyl (C=O) groups is 1. The van der Waals surface area contributed by atoms with Gasteiger partial charge >= 0.3 is 6.03 Å². The van der Waals surface area contributed by atoms with Crippen molar-refractivity contribution in [3.8, 4) is 0 Å². The summed E-state index contributed by atoms with van der Waals surface area (Å²) in [6, 6.07) is -0.299. The minimum absolute atomic E-state index is 0.299. The Morgan fingerprint density at radius 3 is 2.94 bits per heavy atom. The average Bonchev–Trinajstić information content (AvgIpc) is 2.73. The molecule has 0 saturated heterocycles. The molecule has 5 nitrogen and oxygen atoms in total. The van der Waals surface area contributed by atoms with E-state index in [9.17, 15) is 4.79 Å². The first kappa shape index (κ1) is 13.2. The highest BCUT2D eigenvalue weighted by Crippen LogP contribution is 2.24. The van der Waals surface area contributed by atoms with Gasteiger partial charge in [-0.1, -0.05) is 25.2 Å². The van der Waals surface area contributed by atoms with Gasteiger partial charge < -0.3 is 5.32 Å². The van der Waals surface area contributed by atoms with Crippen molar-refractivity contribution in [2.24, 2.45) is 0 Å². The van der Waals surface area contributed by atoms with E-state index in [0.29, 0.717) is 23.5 Å². The van der Waals surface area contributed by atoms with Crippen LogP contribution in [0.2, 0.25) is 0 Å². The molecule has 2 amide bonds. The van der Waals surface area contributed by atoms with Crippen molar-refractivity contribution in [3.63, 3.8) is 0 Å². The molecule has 0 aliphatic carbocycles. The number of halogens is 1. The van der Waals surface area contributed by atoms with Crippen LogP contribution in [-0.4, -0.2) is 28.7 Å². The van der Waals surface area contributed by atoms with Crippen LogP contribution in [0.1, 0.15) is 31.2 Å². The van der Waals surface area contributed by atoms with Gasteiger partial charge in [0.1, 0.15) is 5.01 Å². The second kappa shape index (κ2) is 6.65. The third-order valence-corrected chi connectivity index (χ3v) is 3.33. The molecule has 0 radical (unpaired) electrons. The van der Waals surface area contributed by atoms with E-state index in [0.717, 1.165) is 11.4 Å². The zero-order valence-corrected chi connectivity index (χ0v) is 10.9. The number of amides is 2. The maximum atomic E-state index is 11.3. The number of rotatable bonds is 5. The molecule has 1 aromatic rings. The molecular formula is C9H15ClN4OS.